The quantitative estimate of drug-likeness (QED) is 0.548. The number of aromatic nitrogens is 1. The van der Waals surface area contributed by atoms with E-state index in [-0.39, 0.29) is 30.3 Å². The SMILES string of the molecule is CC#CC1CN(S(=O)(=O)c2ccc(N)nc2)CCN1c1ccc(C(O)(CO)C(F)(F)F)cc1. The second kappa shape index (κ2) is 9.18. The van der Waals surface area contributed by atoms with E-state index < -0.39 is 40.0 Å². The fourth-order valence-electron chi connectivity index (χ4n) is 3.54. The zero-order valence-electron chi connectivity index (χ0n) is 17.6. The van der Waals surface area contributed by atoms with E-state index in [2.05, 4.69) is 16.8 Å². The number of aliphatic hydroxyl groups is 2. The van der Waals surface area contributed by atoms with Crippen LogP contribution in [0, 0.1) is 11.8 Å². The summed E-state index contributed by atoms with van der Waals surface area (Å²) in [6.07, 6.45) is -3.88. The standard InChI is InChI=1S/C21H23F3N4O4S/c1-2-3-17-13-27(33(31,32)18-8-9-19(25)26-12-18)10-11-28(17)16-6-4-15(5-7-16)20(30,14-29)21(22,23)24/h4-9,12,17,29-30H,10-11,13-14H2,1H3,(H2,25,26). The van der Waals surface area contributed by atoms with Crippen molar-refractivity contribution in [1.29, 1.82) is 0 Å². The van der Waals surface area contributed by atoms with Gasteiger partial charge in [0, 0.05) is 31.5 Å². The monoisotopic (exact) mass is 484 g/mol. The third kappa shape index (κ3) is 4.77. The van der Waals surface area contributed by atoms with Crippen molar-refractivity contribution in [1.82, 2.24) is 9.29 Å². The molecule has 2 unspecified atom stereocenters. The first kappa shape index (κ1) is 24.8. The fourth-order valence-corrected chi connectivity index (χ4v) is 4.93. The Balaban J connectivity index is 1.86. The predicted molar refractivity (Wildman–Crippen MR) is 115 cm³/mol. The first-order valence-corrected chi connectivity index (χ1v) is 11.3. The molecule has 1 aromatic heterocycles. The predicted octanol–water partition coefficient (Wildman–Crippen LogP) is 1.31. The minimum absolute atomic E-state index is 0.00634. The van der Waals surface area contributed by atoms with Gasteiger partial charge in [-0.25, -0.2) is 13.4 Å². The summed E-state index contributed by atoms with van der Waals surface area (Å²) in [5, 5.41) is 19.1. The summed E-state index contributed by atoms with van der Waals surface area (Å²) in [7, 11) is -3.85. The summed E-state index contributed by atoms with van der Waals surface area (Å²) in [4.78, 5) is 5.60. The Morgan fingerprint density at radius 2 is 1.85 bits per heavy atom. The van der Waals surface area contributed by atoms with Gasteiger partial charge in [0.1, 0.15) is 16.8 Å². The molecule has 0 bridgehead atoms. The Hall–Kier alpha value is -2.85. The van der Waals surface area contributed by atoms with Gasteiger partial charge in [-0.1, -0.05) is 18.1 Å². The lowest BCUT2D eigenvalue weighted by atomic mass is 9.93. The molecule has 1 aromatic carbocycles. The number of sulfonamides is 1. The molecule has 2 atom stereocenters. The first-order valence-electron chi connectivity index (χ1n) is 9.85. The number of aliphatic hydroxyl groups excluding tert-OH is 1. The van der Waals surface area contributed by atoms with Crippen molar-refractivity contribution in [2.24, 2.45) is 0 Å². The number of rotatable bonds is 5. The maximum absolute atomic E-state index is 13.2. The van der Waals surface area contributed by atoms with Crippen LogP contribution in [0.5, 0.6) is 0 Å². The number of nitrogens with zero attached hydrogens (tertiary/aromatic N) is 3. The molecule has 1 saturated heterocycles. The van der Waals surface area contributed by atoms with Gasteiger partial charge in [0.2, 0.25) is 15.6 Å². The number of halogens is 3. The molecule has 8 nitrogen and oxygen atoms in total. The minimum atomic E-state index is -5.06. The molecular formula is C21H23F3N4O4S. The molecule has 1 aliphatic rings. The van der Waals surface area contributed by atoms with Crippen LogP contribution in [-0.2, 0) is 15.6 Å². The molecule has 2 aromatic rings. The number of nitrogen functional groups attached to an aromatic ring is 1. The van der Waals surface area contributed by atoms with E-state index in [0.29, 0.717) is 5.69 Å². The van der Waals surface area contributed by atoms with Gasteiger partial charge in [-0.15, -0.1) is 5.92 Å². The van der Waals surface area contributed by atoms with Crippen LogP contribution in [0.15, 0.2) is 47.5 Å². The van der Waals surface area contributed by atoms with E-state index in [0.717, 1.165) is 12.1 Å². The van der Waals surface area contributed by atoms with Crippen LogP contribution < -0.4 is 10.6 Å². The third-order valence-electron chi connectivity index (χ3n) is 5.43. The molecule has 178 valence electrons. The van der Waals surface area contributed by atoms with Crippen LogP contribution in [0.25, 0.3) is 0 Å². The van der Waals surface area contributed by atoms with Gasteiger partial charge in [-0.05, 0) is 36.8 Å². The maximum atomic E-state index is 13.2. The smallest absolute Gasteiger partial charge is 0.393 e. The van der Waals surface area contributed by atoms with Crippen LogP contribution >= 0.6 is 0 Å². The molecule has 12 heteroatoms. The second-order valence-electron chi connectivity index (χ2n) is 7.45. The zero-order chi connectivity index (χ0) is 24.4. The van der Waals surface area contributed by atoms with Gasteiger partial charge < -0.3 is 20.8 Å². The molecule has 1 aliphatic heterocycles. The Morgan fingerprint density at radius 3 is 2.36 bits per heavy atom. The molecule has 0 saturated carbocycles. The highest BCUT2D eigenvalue weighted by atomic mass is 32.2. The molecular weight excluding hydrogens is 461 g/mol. The van der Waals surface area contributed by atoms with Gasteiger partial charge in [0.05, 0.1) is 6.61 Å². The van der Waals surface area contributed by atoms with Crippen molar-refractivity contribution >= 4 is 21.5 Å². The van der Waals surface area contributed by atoms with Crippen LogP contribution in [0.2, 0.25) is 0 Å². The number of alkyl halides is 3. The summed E-state index contributed by atoms with van der Waals surface area (Å²) in [5.41, 5.74) is 2.14. The molecule has 0 radical (unpaired) electrons. The third-order valence-corrected chi connectivity index (χ3v) is 7.27. The van der Waals surface area contributed by atoms with Gasteiger partial charge in [0.15, 0.2) is 0 Å². The highest BCUT2D eigenvalue weighted by Gasteiger charge is 2.54. The van der Waals surface area contributed by atoms with E-state index in [1.54, 1.807) is 11.8 Å². The average molecular weight is 485 g/mol. The number of pyridine rings is 1. The Kier molecular flexibility index (Phi) is 6.90. The number of nitrogens with two attached hydrogens (primary N) is 1. The fraction of sp³-hybridized carbons (Fsp3) is 0.381. The molecule has 0 amide bonds. The number of hydrogen-bond acceptors (Lipinski definition) is 7. The van der Waals surface area contributed by atoms with E-state index in [4.69, 9.17) is 10.8 Å². The van der Waals surface area contributed by atoms with Crippen LogP contribution in [0.1, 0.15) is 12.5 Å². The Bertz CT molecular complexity index is 1150. The molecule has 33 heavy (non-hydrogen) atoms. The van der Waals surface area contributed by atoms with Crippen LogP contribution in [-0.4, -0.2) is 66.4 Å². The maximum Gasteiger partial charge on any atom is 0.423 e. The molecule has 2 heterocycles. The number of anilines is 2. The van der Waals surface area contributed by atoms with E-state index in [1.165, 1.54) is 34.8 Å². The van der Waals surface area contributed by atoms with Crippen molar-refractivity contribution in [2.75, 3.05) is 36.9 Å². The van der Waals surface area contributed by atoms with Crippen molar-refractivity contribution < 1.29 is 31.8 Å². The van der Waals surface area contributed by atoms with Crippen molar-refractivity contribution in [2.45, 2.75) is 29.6 Å². The van der Waals surface area contributed by atoms with Gasteiger partial charge in [0.25, 0.3) is 0 Å². The largest absolute Gasteiger partial charge is 0.423 e. The van der Waals surface area contributed by atoms with Gasteiger partial charge in [-0.3, -0.25) is 0 Å². The highest BCUT2D eigenvalue weighted by molar-refractivity contribution is 7.89. The summed E-state index contributed by atoms with van der Waals surface area (Å²) in [6.45, 7) is 0.446. The summed E-state index contributed by atoms with van der Waals surface area (Å²) in [5.74, 6) is 5.89. The number of benzene rings is 1. The molecule has 3 rings (SSSR count). The Morgan fingerprint density at radius 1 is 1.18 bits per heavy atom. The molecule has 1 fully saturated rings. The van der Waals surface area contributed by atoms with Gasteiger partial charge >= 0.3 is 6.18 Å². The average Bonchev–Trinajstić information content (AvgIpc) is 2.78. The number of piperazine rings is 1. The van der Waals surface area contributed by atoms with Crippen molar-refractivity contribution in [3.8, 4) is 11.8 Å². The molecule has 4 N–H and O–H groups in total. The first-order chi connectivity index (χ1) is 15.4. The Labute approximate surface area is 189 Å². The lowest BCUT2D eigenvalue weighted by Crippen LogP contribution is -2.54. The lowest BCUT2D eigenvalue weighted by Gasteiger charge is -2.40. The zero-order valence-corrected chi connectivity index (χ0v) is 18.4. The highest BCUT2D eigenvalue weighted by Crippen LogP contribution is 2.39. The van der Waals surface area contributed by atoms with Gasteiger partial charge in [-0.2, -0.15) is 17.5 Å². The molecule has 0 aliphatic carbocycles. The van der Waals surface area contributed by atoms with Crippen LogP contribution in [0.4, 0.5) is 24.7 Å². The normalized spacial score (nSPS) is 19.5. The summed E-state index contributed by atoms with van der Waals surface area (Å²) in [6, 6.07) is 7.11. The lowest BCUT2D eigenvalue weighted by molar-refractivity contribution is -0.277. The summed E-state index contributed by atoms with van der Waals surface area (Å²) >= 11 is 0. The summed E-state index contributed by atoms with van der Waals surface area (Å²) < 4.78 is 66.9. The van der Waals surface area contributed by atoms with E-state index in [9.17, 15) is 26.7 Å². The van der Waals surface area contributed by atoms with E-state index in [1.807, 2.05) is 0 Å². The second-order valence-corrected chi connectivity index (χ2v) is 9.39. The number of hydrogen-bond donors (Lipinski definition) is 3. The van der Waals surface area contributed by atoms with Crippen LogP contribution in [0.3, 0.4) is 0 Å². The topological polar surface area (TPSA) is 120 Å². The van der Waals surface area contributed by atoms with Crippen molar-refractivity contribution in [3.05, 3.63) is 48.2 Å². The minimum Gasteiger partial charge on any atom is -0.393 e. The van der Waals surface area contributed by atoms with E-state index >= 15 is 0 Å². The molecule has 0 spiro atoms. The van der Waals surface area contributed by atoms with Crippen molar-refractivity contribution in [3.63, 3.8) is 0 Å².